The van der Waals surface area contributed by atoms with Crippen LogP contribution in [0.3, 0.4) is 0 Å². The Morgan fingerprint density at radius 2 is 1.85 bits per heavy atom. The largest absolute Gasteiger partial charge is 0.497 e. The molecule has 1 aliphatic heterocycles. The van der Waals surface area contributed by atoms with Gasteiger partial charge < -0.3 is 14.8 Å². The zero-order chi connectivity index (χ0) is 14.4. The van der Waals surface area contributed by atoms with Gasteiger partial charge in [-0.2, -0.15) is 0 Å². The highest BCUT2D eigenvalue weighted by atomic mass is 16.5. The number of nitrogens with zero attached hydrogens (tertiary/aromatic N) is 1. The first-order valence-electron chi connectivity index (χ1n) is 7.28. The maximum atomic E-state index is 5.42. The molecule has 1 N–H and O–H groups in total. The highest BCUT2D eigenvalue weighted by Crippen LogP contribution is 2.16. The van der Waals surface area contributed by atoms with E-state index in [0.717, 1.165) is 45.1 Å². The van der Waals surface area contributed by atoms with Crippen molar-refractivity contribution >= 4 is 0 Å². The summed E-state index contributed by atoms with van der Waals surface area (Å²) in [4.78, 5) is 2.50. The van der Waals surface area contributed by atoms with Crippen LogP contribution >= 0.6 is 0 Å². The lowest BCUT2D eigenvalue weighted by Crippen LogP contribution is -2.54. The van der Waals surface area contributed by atoms with Crippen molar-refractivity contribution in [2.45, 2.75) is 25.9 Å². The molecule has 0 bridgehead atoms. The number of hydrogen-bond donors (Lipinski definition) is 1. The lowest BCUT2D eigenvalue weighted by Gasteiger charge is -2.41. The number of ether oxygens (including phenoxy) is 2. The number of morpholine rings is 1. The van der Waals surface area contributed by atoms with Crippen molar-refractivity contribution < 1.29 is 9.47 Å². The van der Waals surface area contributed by atoms with Crippen LogP contribution in [-0.2, 0) is 11.3 Å². The molecular formula is C16H26N2O2. The van der Waals surface area contributed by atoms with Gasteiger partial charge in [0.15, 0.2) is 0 Å². The van der Waals surface area contributed by atoms with Gasteiger partial charge >= 0.3 is 0 Å². The van der Waals surface area contributed by atoms with Crippen LogP contribution in [0.2, 0.25) is 0 Å². The van der Waals surface area contributed by atoms with Gasteiger partial charge in [0.1, 0.15) is 5.75 Å². The van der Waals surface area contributed by atoms with E-state index < -0.39 is 0 Å². The second-order valence-electron chi connectivity index (χ2n) is 5.86. The first kappa shape index (κ1) is 15.3. The summed E-state index contributed by atoms with van der Waals surface area (Å²) in [6.45, 7) is 10.2. The molecule has 1 saturated heterocycles. The molecule has 0 saturated carbocycles. The molecule has 0 atom stereocenters. The fourth-order valence-electron chi connectivity index (χ4n) is 2.54. The quantitative estimate of drug-likeness (QED) is 0.861. The van der Waals surface area contributed by atoms with Crippen molar-refractivity contribution in [3.05, 3.63) is 29.8 Å². The van der Waals surface area contributed by atoms with Crippen molar-refractivity contribution in [2.24, 2.45) is 0 Å². The predicted octanol–water partition coefficient (Wildman–Crippen LogP) is 1.90. The van der Waals surface area contributed by atoms with Gasteiger partial charge in [-0.15, -0.1) is 0 Å². The highest BCUT2D eigenvalue weighted by molar-refractivity contribution is 5.27. The number of methoxy groups -OCH3 is 1. The summed E-state index contributed by atoms with van der Waals surface area (Å²) in [5, 5.41) is 3.55. The Morgan fingerprint density at radius 1 is 1.20 bits per heavy atom. The van der Waals surface area contributed by atoms with Gasteiger partial charge in [-0.3, -0.25) is 4.90 Å². The molecule has 112 valence electrons. The molecule has 20 heavy (non-hydrogen) atoms. The normalized spacial score (nSPS) is 17.1. The maximum Gasteiger partial charge on any atom is 0.118 e. The van der Waals surface area contributed by atoms with Crippen LogP contribution in [0.1, 0.15) is 19.4 Å². The van der Waals surface area contributed by atoms with Crippen molar-refractivity contribution in [1.29, 1.82) is 0 Å². The number of benzene rings is 1. The Bertz CT molecular complexity index is 397. The summed E-state index contributed by atoms with van der Waals surface area (Å²) in [5.41, 5.74) is 1.44. The highest BCUT2D eigenvalue weighted by Gasteiger charge is 2.27. The average molecular weight is 278 g/mol. The molecule has 2 rings (SSSR count). The number of nitrogens with one attached hydrogen (secondary N) is 1. The third kappa shape index (κ3) is 4.20. The van der Waals surface area contributed by atoms with Gasteiger partial charge in [-0.05, 0) is 31.5 Å². The van der Waals surface area contributed by atoms with Crippen molar-refractivity contribution in [2.75, 3.05) is 40.0 Å². The fraction of sp³-hybridized carbons (Fsp3) is 0.625. The van der Waals surface area contributed by atoms with Gasteiger partial charge in [0.2, 0.25) is 0 Å². The lowest BCUT2D eigenvalue weighted by atomic mass is 10.0. The standard InChI is InChI=1S/C16H26N2O2/c1-16(2,18-8-10-20-11-9-18)13-17-12-14-4-6-15(19-3)7-5-14/h4-7,17H,8-13H2,1-3H3. The van der Waals surface area contributed by atoms with Crippen LogP contribution in [0.15, 0.2) is 24.3 Å². The van der Waals surface area contributed by atoms with E-state index in [2.05, 4.69) is 36.2 Å². The van der Waals surface area contributed by atoms with E-state index in [1.165, 1.54) is 5.56 Å². The summed E-state index contributed by atoms with van der Waals surface area (Å²) in [7, 11) is 1.69. The average Bonchev–Trinajstić information content (AvgIpc) is 2.49. The van der Waals surface area contributed by atoms with E-state index in [1.54, 1.807) is 7.11 Å². The Labute approximate surface area is 122 Å². The van der Waals surface area contributed by atoms with Gasteiger partial charge in [-0.25, -0.2) is 0 Å². The first-order valence-corrected chi connectivity index (χ1v) is 7.28. The van der Waals surface area contributed by atoms with E-state index in [1.807, 2.05) is 12.1 Å². The molecule has 1 aromatic rings. The Balaban J connectivity index is 1.78. The SMILES string of the molecule is COc1ccc(CNCC(C)(C)N2CCOCC2)cc1. The third-order valence-electron chi connectivity index (χ3n) is 3.91. The van der Waals surface area contributed by atoms with Crippen LogP contribution < -0.4 is 10.1 Å². The molecular weight excluding hydrogens is 252 g/mol. The molecule has 1 aliphatic rings. The van der Waals surface area contributed by atoms with E-state index in [9.17, 15) is 0 Å². The predicted molar refractivity (Wildman–Crippen MR) is 81.2 cm³/mol. The maximum absolute atomic E-state index is 5.42. The minimum absolute atomic E-state index is 0.163. The lowest BCUT2D eigenvalue weighted by molar-refractivity contribution is -0.00966. The van der Waals surface area contributed by atoms with Crippen molar-refractivity contribution in [3.8, 4) is 5.75 Å². The van der Waals surface area contributed by atoms with Gasteiger partial charge in [0.25, 0.3) is 0 Å². The summed E-state index contributed by atoms with van der Waals surface area (Å²) < 4.78 is 10.6. The van der Waals surface area contributed by atoms with Crippen LogP contribution in [0.4, 0.5) is 0 Å². The molecule has 0 aliphatic carbocycles. The number of rotatable bonds is 6. The zero-order valence-electron chi connectivity index (χ0n) is 12.8. The van der Waals surface area contributed by atoms with Crippen LogP contribution in [0, 0.1) is 0 Å². The molecule has 1 heterocycles. The smallest absolute Gasteiger partial charge is 0.118 e. The summed E-state index contributed by atoms with van der Waals surface area (Å²) in [6, 6.07) is 8.22. The summed E-state index contributed by atoms with van der Waals surface area (Å²) in [5.74, 6) is 0.905. The van der Waals surface area contributed by atoms with E-state index >= 15 is 0 Å². The molecule has 0 amide bonds. The van der Waals surface area contributed by atoms with Gasteiger partial charge in [0, 0.05) is 31.7 Å². The van der Waals surface area contributed by atoms with E-state index in [4.69, 9.17) is 9.47 Å². The monoisotopic (exact) mass is 278 g/mol. The molecule has 4 nitrogen and oxygen atoms in total. The first-order chi connectivity index (χ1) is 9.62. The summed E-state index contributed by atoms with van der Waals surface area (Å²) in [6.07, 6.45) is 0. The Hall–Kier alpha value is -1.10. The van der Waals surface area contributed by atoms with Gasteiger partial charge in [-0.1, -0.05) is 12.1 Å². The topological polar surface area (TPSA) is 33.7 Å². The second kappa shape index (κ2) is 7.07. The molecule has 0 spiro atoms. The Kier molecular flexibility index (Phi) is 5.40. The van der Waals surface area contributed by atoms with Crippen LogP contribution in [-0.4, -0.2) is 50.4 Å². The minimum Gasteiger partial charge on any atom is -0.497 e. The van der Waals surface area contributed by atoms with E-state index in [-0.39, 0.29) is 5.54 Å². The minimum atomic E-state index is 0.163. The van der Waals surface area contributed by atoms with Gasteiger partial charge in [0.05, 0.1) is 20.3 Å². The number of hydrogen-bond acceptors (Lipinski definition) is 4. The molecule has 0 aromatic heterocycles. The summed E-state index contributed by atoms with van der Waals surface area (Å²) >= 11 is 0. The molecule has 4 heteroatoms. The third-order valence-corrected chi connectivity index (χ3v) is 3.91. The second-order valence-corrected chi connectivity index (χ2v) is 5.86. The molecule has 0 unspecified atom stereocenters. The van der Waals surface area contributed by atoms with Crippen molar-refractivity contribution in [3.63, 3.8) is 0 Å². The fourth-order valence-corrected chi connectivity index (χ4v) is 2.54. The van der Waals surface area contributed by atoms with Crippen LogP contribution in [0.25, 0.3) is 0 Å². The molecule has 1 fully saturated rings. The van der Waals surface area contributed by atoms with Crippen molar-refractivity contribution in [1.82, 2.24) is 10.2 Å². The van der Waals surface area contributed by atoms with Crippen LogP contribution in [0.5, 0.6) is 5.75 Å². The molecule has 0 radical (unpaired) electrons. The van der Waals surface area contributed by atoms with E-state index in [0.29, 0.717) is 0 Å². The Morgan fingerprint density at radius 3 is 2.45 bits per heavy atom. The molecule has 1 aromatic carbocycles. The zero-order valence-corrected chi connectivity index (χ0v) is 12.8.